The van der Waals surface area contributed by atoms with Crippen LogP contribution in [0.4, 0.5) is 0 Å². The van der Waals surface area contributed by atoms with Gasteiger partial charge < -0.3 is 17.6 Å². The Morgan fingerprint density at radius 1 is 1.25 bits per heavy atom. The van der Waals surface area contributed by atoms with Crippen molar-refractivity contribution >= 4 is 0 Å². The predicted molar refractivity (Wildman–Crippen MR) is 31.9 cm³/mol. The van der Waals surface area contributed by atoms with E-state index in [0.29, 0.717) is 6.61 Å². The van der Waals surface area contributed by atoms with Crippen molar-refractivity contribution in [3.63, 3.8) is 0 Å². The Hall–Kier alpha value is 0.543. The second-order valence-electron chi connectivity index (χ2n) is 0.724. The van der Waals surface area contributed by atoms with E-state index < -0.39 is 0 Å². The summed E-state index contributed by atoms with van der Waals surface area (Å²) in [4.78, 5) is 0. The van der Waals surface area contributed by atoms with E-state index in [1.807, 2.05) is 6.92 Å². The van der Waals surface area contributed by atoms with Crippen molar-refractivity contribution in [3.05, 3.63) is 7.43 Å². The first-order chi connectivity index (χ1) is 2.91. The molecule has 8 heavy (non-hydrogen) atoms. The summed E-state index contributed by atoms with van der Waals surface area (Å²) in [5.74, 6) is 0. The summed E-state index contributed by atoms with van der Waals surface area (Å²) in [5, 5.41) is 14.9. The van der Waals surface area contributed by atoms with Crippen molar-refractivity contribution < 1.29 is 29.7 Å². The minimum Gasteiger partial charge on any atom is -0.400 e. The maximum Gasteiger partial charge on any atom is 0.0428 e. The van der Waals surface area contributed by atoms with Gasteiger partial charge in [-0.05, 0) is 6.42 Å². The van der Waals surface area contributed by atoms with Gasteiger partial charge in [-0.15, -0.1) is 0 Å². The van der Waals surface area contributed by atoms with E-state index in [2.05, 4.69) is 0 Å². The van der Waals surface area contributed by atoms with E-state index in [9.17, 15) is 0 Å². The summed E-state index contributed by atoms with van der Waals surface area (Å²) in [5.41, 5.74) is 0. The molecule has 0 aliphatic rings. The molecule has 0 aliphatic heterocycles. The fourth-order valence-corrected chi connectivity index (χ4v) is 0. The van der Waals surface area contributed by atoms with Crippen LogP contribution in [0.2, 0.25) is 0 Å². The maximum atomic E-state index is 7.88. The standard InChI is InChI=1S/C3H8O.CH4O.CH3.Zn/c1-2-3-4;1-2;;/h4H,2-3H2,1H3;2H,1H3;1H3;/q;;-1;. The molecule has 2 nitrogen and oxygen atoms in total. The molecule has 0 aromatic heterocycles. The molecule has 0 saturated carbocycles. The van der Waals surface area contributed by atoms with Gasteiger partial charge >= 0.3 is 0 Å². The van der Waals surface area contributed by atoms with Crippen LogP contribution in [-0.4, -0.2) is 23.9 Å². The van der Waals surface area contributed by atoms with Crippen LogP contribution in [0.1, 0.15) is 13.3 Å². The monoisotopic (exact) mass is 171 g/mol. The Bertz CT molecular complexity index is 12.4. The van der Waals surface area contributed by atoms with Crippen LogP contribution in [-0.2, 0) is 19.5 Å². The average Bonchev–Trinajstić information content (AvgIpc) is 1.72. The van der Waals surface area contributed by atoms with Crippen LogP contribution in [0.3, 0.4) is 0 Å². The molecular weight excluding hydrogens is 157 g/mol. The molecule has 0 rings (SSSR count). The molecule has 0 spiro atoms. The minimum absolute atomic E-state index is 0. The van der Waals surface area contributed by atoms with Crippen molar-refractivity contribution in [1.82, 2.24) is 0 Å². The van der Waals surface area contributed by atoms with Gasteiger partial charge in [-0.1, -0.05) is 6.92 Å². The molecule has 0 bridgehead atoms. The molecule has 0 fully saturated rings. The summed E-state index contributed by atoms with van der Waals surface area (Å²) < 4.78 is 0. The van der Waals surface area contributed by atoms with Gasteiger partial charge in [-0.25, -0.2) is 0 Å². The van der Waals surface area contributed by atoms with E-state index in [4.69, 9.17) is 10.2 Å². The van der Waals surface area contributed by atoms with E-state index in [0.717, 1.165) is 13.5 Å². The van der Waals surface area contributed by atoms with Gasteiger partial charge in [-0.3, -0.25) is 0 Å². The molecule has 3 heteroatoms. The first-order valence-electron chi connectivity index (χ1n) is 1.97. The smallest absolute Gasteiger partial charge is 0.0428 e. The zero-order valence-electron chi connectivity index (χ0n) is 6.02. The van der Waals surface area contributed by atoms with Gasteiger partial charge in [-0.2, -0.15) is 0 Å². The SMILES string of the molecule is CCCO.CO.[CH3-].[Zn]. The van der Waals surface area contributed by atoms with Crippen molar-refractivity contribution in [3.8, 4) is 0 Å². The number of hydrogen-bond acceptors (Lipinski definition) is 2. The molecule has 0 saturated heterocycles. The molecule has 50 valence electrons. The second-order valence-corrected chi connectivity index (χ2v) is 0.724. The molecule has 0 atom stereocenters. The van der Waals surface area contributed by atoms with E-state index in [1.165, 1.54) is 0 Å². The van der Waals surface area contributed by atoms with E-state index >= 15 is 0 Å². The van der Waals surface area contributed by atoms with Crippen LogP contribution in [0.25, 0.3) is 0 Å². The molecule has 0 aromatic rings. The second kappa shape index (κ2) is 49.9. The summed E-state index contributed by atoms with van der Waals surface area (Å²) in [6.07, 6.45) is 0.875. The maximum absolute atomic E-state index is 7.88. The van der Waals surface area contributed by atoms with Gasteiger partial charge in [0.2, 0.25) is 0 Å². The Labute approximate surface area is 64.7 Å². The number of aliphatic hydroxyl groups excluding tert-OH is 2. The van der Waals surface area contributed by atoms with Crippen molar-refractivity contribution in [2.24, 2.45) is 0 Å². The van der Waals surface area contributed by atoms with Gasteiger partial charge in [0.15, 0.2) is 0 Å². The third-order valence-electron chi connectivity index (χ3n) is 0.224. The van der Waals surface area contributed by atoms with E-state index in [1.54, 1.807) is 0 Å². The van der Waals surface area contributed by atoms with Gasteiger partial charge in [0.1, 0.15) is 0 Å². The molecule has 0 radical (unpaired) electrons. The largest absolute Gasteiger partial charge is 0.400 e. The number of hydrogen-bond donors (Lipinski definition) is 2. The predicted octanol–water partition coefficient (Wildman–Crippen LogP) is 0.445. The molecule has 0 aromatic carbocycles. The van der Waals surface area contributed by atoms with Gasteiger partial charge in [0, 0.05) is 33.2 Å². The topological polar surface area (TPSA) is 40.5 Å². The molecule has 2 N–H and O–H groups in total. The molecule has 0 unspecified atom stereocenters. The zero-order valence-corrected chi connectivity index (χ0v) is 8.98. The van der Waals surface area contributed by atoms with Crippen molar-refractivity contribution in [1.29, 1.82) is 0 Å². The van der Waals surface area contributed by atoms with Gasteiger partial charge in [0.25, 0.3) is 0 Å². The van der Waals surface area contributed by atoms with Crippen LogP contribution in [0, 0.1) is 7.43 Å². The summed E-state index contributed by atoms with van der Waals surface area (Å²) in [6.45, 7) is 2.25. The Balaban J connectivity index is -0.0000000183. The Morgan fingerprint density at radius 2 is 1.38 bits per heavy atom. The fraction of sp³-hybridized carbons (Fsp3) is 0.800. The number of aliphatic hydroxyl groups is 2. The Kier molecular flexibility index (Phi) is 147. The minimum atomic E-state index is 0. The normalized spacial score (nSPS) is 4.50. The van der Waals surface area contributed by atoms with Crippen LogP contribution in [0.15, 0.2) is 0 Å². The van der Waals surface area contributed by atoms with Crippen LogP contribution < -0.4 is 0 Å². The third kappa shape index (κ3) is 84.4. The number of rotatable bonds is 1. The van der Waals surface area contributed by atoms with E-state index in [-0.39, 0.29) is 26.9 Å². The van der Waals surface area contributed by atoms with Crippen molar-refractivity contribution in [2.75, 3.05) is 13.7 Å². The third-order valence-corrected chi connectivity index (χ3v) is 0.224. The first-order valence-corrected chi connectivity index (χ1v) is 1.97. The molecule has 0 amide bonds. The van der Waals surface area contributed by atoms with Crippen LogP contribution >= 0.6 is 0 Å². The summed E-state index contributed by atoms with van der Waals surface area (Å²) >= 11 is 0. The quantitative estimate of drug-likeness (QED) is 0.445. The molecular formula is C5H15O2Zn-. The van der Waals surface area contributed by atoms with Crippen molar-refractivity contribution in [2.45, 2.75) is 13.3 Å². The summed E-state index contributed by atoms with van der Waals surface area (Å²) in [7, 11) is 1.00. The summed E-state index contributed by atoms with van der Waals surface area (Å²) in [6, 6.07) is 0. The average molecular weight is 173 g/mol. The first kappa shape index (κ1) is 23.6. The zero-order chi connectivity index (χ0) is 5.41. The molecule has 0 heterocycles. The Morgan fingerprint density at radius 3 is 1.38 bits per heavy atom. The molecule has 0 aliphatic carbocycles. The fourth-order valence-electron chi connectivity index (χ4n) is 0. The van der Waals surface area contributed by atoms with Gasteiger partial charge in [0.05, 0.1) is 0 Å². The van der Waals surface area contributed by atoms with Crippen LogP contribution in [0.5, 0.6) is 0 Å².